The highest BCUT2D eigenvalue weighted by molar-refractivity contribution is 5.93. The molecule has 1 unspecified atom stereocenters. The van der Waals surface area contributed by atoms with Crippen LogP contribution < -0.4 is 14.8 Å². The van der Waals surface area contributed by atoms with Crippen molar-refractivity contribution in [1.29, 1.82) is 0 Å². The van der Waals surface area contributed by atoms with E-state index in [0.29, 0.717) is 23.6 Å². The van der Waals surface area contributed by atoms with Crippen molar-refractivity contribution < 1.29 is 41.7 Å². The van der Waals surface area contributed by atoms with E-state index in [1.807, 2.05) is 12.1 Å². The molecule has 0 spiro atoms. The van der Waals surface area contributed by atoms with Gasteiger partial charge in [-0.2, -0.15) is 15.3 Å². The number of hydrogen-bond acceptors (Lipinski definition) is 9. The van der Waals surface area contributed by atoms with Crippen LogP contribution in [0, 0.1) is 17.5 Å². The fourth-order valence-electron chi connectivity index (χ4n) is 5.03. The predicted octanol–water partition coefficient (Wildman–Crippen LogP) is 5.40. The Bertz CT molecular complexity index is 1740. The number of aryl methyl sites for hydroxylation is 1. The molecule has 1 aliphatic rings. The number of aromatic nitrogens is 4. The zero-order chi connectivity index (χ0) is 35.1. The fourth-order valence-corrected chi connectivity index (χ4v) is 5.03. The number of nitrogens with one attached hydrogen (secondary N) is 1. The third kappa shape index (κ3) is 9.25. The Labute approximate surface area is 281 Å². The van der Waals surface area contributed by atoms with Crippen LogP contribution in [0.4, 0.5) is 23.8 Å². The number of carbonyl (C=O) groups excluding carboxylic acids is 2. The lowest BCUT2D eigenvalue weighted by Gasteiger charge is -2.34. The molecule has 49 heavy (non-hydrogen) atoms. The lowest BCUT2D eigenvalue weighted by Crippen LogP contribution is -2.49. The molecule has 1 fully saturated rings. The van der Waals surface area contributed by atoms with Gasteiger partial charge in [0.25, 0.3) is 0 Å². The summed E-state index contributed by atoms with van der Waals surface area (Å²) in [6.07, 6.45) is 1.72. The molecule has 2 amide bonds. The molecule has 1 aliphatic heterocycles. The van der Waals surface area contributed by atoms with Crippen LogP contribution >= 0.6 is 0 Å². The number of anilines is 1. The Morgan fingerprint density at radius 3 is 2.43 bits per heavy atom. The first-order valence-electron chi connectivity index (χ1n) is 15.6. The van der Waals surface area contributed by atoms with Crippen LogP contribution in [0.2, 0.25) is 0 Å². The van der Waals surface area contributed by atoms with E-state index < -0.39 is 41.2 Å². The number of methoxy groups -OCH3 is 1. The van der Waals surface area contributed by atoms with Gasteiger partial charge in [0.1, 0.15) is 29.8 Å². The molecule has 0 bridgehead atoms. The lowest BCUT2D eigenvalue weighted by atomic mass is 10.1. The summed E-state index contributed by atoms with van der Waals surface area (Å²) >= 11 is 0. The molecule has 1 saturated heterocycles. The number of amides is 2. The number of benzene rings is 2. The third-order valence-electron chi connectivity index (χ3n) is 7.40. The van der Waals surface area contributed by atoms with E-state index in [9.17, 15) is 22.8 Å². The highest BCUT2D eigenvalue weighted by atomic mass is 19.2. The third-order valence-corrected chi connectivity index (χ3v) is 7.40. The van der Waals surface area contributed by atoms with Crippen LogP contribution in [0.5, 0.6) is 11.5 Å². The molecule has 4 aromatic rings. The molecule has 0 aliphatic carbocycles. The molecule has 2 aromatic carbocycles. The van der Waals surface area contributed by atoms with Gasteiger partial charge in [0.05, 0.1) is 39.2 Å². The first kappa shape index (κ1) is 35.1. The number of morpholine rings is 1. The quantitative estimate of drug-likeness (QED) is 0.207. The van der Waals surface area contributed by atoms with Crippen molar-refractivity contribution in [3.05, 3.63) is 83.4 Å². The van der Waals surface area contributed by atoms with E-state index >= 15 is 0 Å². The van der Waals surface area contributed by atoms with Gasteiger partial charge in [-0.05, 0) is 68.7 Å². The molecule has 5 rings (SSSR count). The maximum Gasteiger partial charge on any atom is 0.410 e. The molecule has 0 radical (unpaired) electrons. The normalized spacial score (nSPS) is 14.8. The molecule has 15 heteroatoms. The molecule has 3 heterocycles. The van der Waals surface area contributed by atoms with Crippen LogP contribution in [0.25, 0.3) is 11.3 Å². The van der Waals surface area contributed by atoms with E-state index in [1.54, 1.807) is 55.7 Å². The van der Waals surface area contributed by atoms with Gasteiger partial charge in [0, 0.05) is 18.5 Å². The number of ether oxygens (including phenoxy) is 4. The molecular weight excluding hydrogens is 645 g/mol. The monoisotopic (exact) mass is 682 g/mol. The standard InChI is InChI=1S/C34H37F3N6O6/c1-34(2,3)49-33(45)42-13-14-47-25(19-42)20-48-31-30(23-11-12-38-39-17-23)41-43(18-21-5-8-24(46-4)9-6-21)32(31)40-28(44)10-7-22-15-26(35)29(37)27(36)16-22/h5-6,8-9,11-12,15-17,25H,7,10,13-14,18-20H2,1-4H3,(H,40,44). The van der Waals surface area contributed by atoms with Gasteiger partial charge in [-0.15, -0.1) is 0 Å². The van der Waals surface area contributed by atoms with E-state index in [0.717, 1.165) is 17.7 Å². The van der Waals surface area contributed by atoms with E-state index in [-0.39, 0.29) is 56.3 Å². The van der Waals surface area contributed by atoms with Crippen molar-refractivity contribution in [3.63, 3.8) is 0 Å². The predicted molar refractivity (Wildman–Crippen MR) is 172 cm³/mol. The summed E-state index contributed by atoms with van der Waals surface area (Å²) in [5, 5.41) is 15.5. The largest absolute Gasteiger partial charge is 0.497 e. The number of carbonyl (C=O) groups is 2. The van der Waals surface area contributed by atoms with Gasteiger partial charge in [0.2, 0.25) is 5.91 Å². The summed E-state index contributed by atoms with van der Waals surface area (Å²) in [6.45, 7) is 6.37. The second-order valence-corrected chi connectivity index (χ2v) is 12.3. The first-order valence-corrected chi connectivity index (χ1v) is 15.6. The average Bonchev–Trinajstić information content (AvgIpc) is 3.41. The second-order valence-electron chi connectivity index (χ2n) is 12.3. The van der Waals surface area contributed by atoms with Crippen LogP contribution in [0.15, 0.2) is 54.9 Å². The minimum atomic E-state index is -1.58. The Kier molecular flexibility index (Phi) is 11.0. The summed E-state index contributed by atoms with van der Waals surface area (Å²) in [5.41, 5.74) is 1.17. The Morgan fingerprint density at radius 2 is 1.78 bits per heavy atom. The fraction of sp³-hybridized carbons (Fsp3) is 0.382. The maximum absolute atomic E-state index is 13.8. The smallest absolute Gasteiger partial charge is 0.410 e. The lowest BCUT2D eigenvalue weighted by molar-refractivity contribution is -0.116. The Hall–Kier alpha value is -5.18. The zero-order valence-corrected chi connectivity index (χ0v) is 27.5. The van der Waals surface area contributed by atoms with E-state index in [2.05, 4.69) is 15.5 Å². The van der Waals surface area contributed by atoms with Gasteiger partial charge in [-0.3, -0.25) is 4.79 Å². The minimum absolute atomic E-state index is 0.0178. The summed E-state index contributed by atoms with van der Waals surface area (Å²) in [7, 11) is 1.56. The second kappa shape index (κ2) is 15.4. The van der Waals surface area contributed by atoms with Crippen LogP contribution in [0.3, 0.4) is 0 Å². The van der Waals surface area contributed by atoms with Crippen LogP contribution in [-0.4, -0.2) is 82.0 Å². The Morgan fingerprint density at radius 1 is 1.04 bits per heavy atom. The molecule has 2 aromatic heterocycles. The average molecular weight is 683 g/mol. The van der Waals surface area contributed by atoms with Gasteiger partial charge >= 0.3 is 6.09 Å². The molecule has 12 nitrogen and oxygen atoms in total. The molecule has 1 atom stereocenters. The SMILES string of the molecule is COc1ccc(Cn2nc(-c3ccnnc3)c(OCC3CN(C(=O)OC(C)(C)C)CCO3)c2NC(=O)CCc2cc(F)c(F)c(F)c2)cc1. The summed E-state index contributed by atoms with van der Waals surface area (Å²) in [6, 6.07) is 10.7. The maximum atomic E-state index is 13.8. The van der Waals surface area contributed by atoms with E-state index in [4.69, 9.17) is 24.0 Å². The highest BCUT2D eigenvalue weighted by Crippen LogP contribution is 2.37. The van der Waals surface area contributed by atoms with Crippen molar-refractivity contribution in [2.45, 2.75) is 51.9 Å². The van der Waals surface area contributed by atoms with Gasteiger partial charge in [-0.25, -0.2) is 22.6 Å². The zero-order valence-electron chi connectivity index (χ0n) is 27.5. The summed E-state index contributed by atoms with van der Waals surface area (Å²) in [5.74, 6) is -3.71. The molecule has 1 N–H and O–H groups in total. The number of halogens is 3. The van der Waals surface area contributed by atoms with Crippen molar-refractivity contribution in [1.82, 2.24) is 24.9 Å². The number of rotatable bonds is 11. The highest BCUT2D eigenvalue weighted by Gasteiger charge is 2.30. The van der Waals surface area contributed by atoms with Crippen molar-refractivity contribution in [3.8, 4) is 22.8 Å². The molecule has 260 valence electrons. The van der Waals surface area contributed by atoms with Crippen LogP contribution in [-0.2, 0) is 27.2 Å². The van der Waals surface area contributed by atoms with Gasteiger partial charge in [0.15, 0.2) is 29.0 Å². The molecule has 0 saturated carbocycles. The minimum Gasteiger partial charge on any atom is -0.497 e. The van der Waals surface area contributed by atoms with Gasteiger partial charge in [-0.1, -0.05) is 12.1 Å². The Balaban J connectivity index is 1.44. The summed E-state index contributed by atoms with van der Waals surface area (Å²) < 4.78 is 65.7. The van der Waals surface area contributed by atoms with Gasteiger partial charge < -0.3 is 29.2 Å². The van der Waals surface area contributed by atoms with Crippen molar-refractivity contribution >= 4 is 17.8 Å². The number of nitrogens with zero attached hydrogens (tertiary/aromatic N) is 5. The number of hydrogen-bond donors (Lipinski definition) is 1. The topological polar surface area (TPSA) is 130 Å². The first-order chi connectivity index (χ1) is 23.4. The van der Waals surface area contributed by atoms with Crippen molar-refractivity contribution in [2.75, 3.05) is 38.7 Å². The molecular formula is C34H37F3N6O6. The summed E-state index contributed by atoms with van der Waals surface area (Å²) in [4.78, 5) is 27.7. The van der Waals surface area contributed by atoms with E-state index in [1.165, 1.54) is 12.4 Å². The van der Waals surface area contributed by atoms with Crippen LogP contribution in [0.1, 0.15) is 38.3 Å². The van der Waals surface area contributed by atoms with Crippen molar-refractivity contribution in [2.24, 2.45) is 0 Å².